The highest BCUT2D eigenvalue weighted by Gasteiger charge is 2.22. The highest BCUT2D eigenvalue weighted by atomic mass is 16.5. The van der Waals surface area contributed by atoms with Crippen LogP contribution in [0.25, 0.3) is 0 Å². The van der Waals surface area contributed by atoms with Crippen LogP contribution < -0.4 is 20.4 Å². The zero-order valence-corrected chi connectivity index (χ0v) is 20.3. The summed E-state index contributed by atoms with van der Waals surface area (Å²) in [7, 11) is -1.27. The minimum Gasteiger partial charge on any atom is -0.470 e. The molecule has 37 heavy (non-hydrogen) atoms. The molecular formula is C28H25B2NO6. The molecule has 0 aliphatic rings. The Morgan fingerprint density at radius 2 is 1.30 bits per heavy atom. The molecule has 0 amide bonds. The van der Waals surface area contributed by atoms with Crippen molar-refractivity contribution in [2.45, 2.75) is 20.1 Å². The van der Waals surface area contributed by atoms with Crippen LogP contribution in [0.1, 0.15) is 22.3 Å². The van der Waals surface area contributed by atoms with Crippen LogP contribution in [-0.2, 0) is 17.8 Å². The van der Waals surface area contributed by atoms with Crippen molar-refractivity contribution in [2.75, 3.05) is 0 Å². The Morgan fingerprint density at radius 3 is 1.89 bits per heavy atom. The lowest BCUT2D eigenvalue weighted by Gasteiger charge is -2.15. The Kier molecular flexibility index (Phi) is 8.62. The number of aryl methyl sites for hydroxylation is 1. The predicted molar refractivity (Wildman–Crippen MR) is 143 cm³/mol. The van der Waals surface area contributed by atoms with E-state index in [-0.39, 0.29) is 20.7 Å². The van der Waals surface area contributed by atoms with Crippen molar-refractivity contribution in [3.05, 3.63) is 107 Å². The van der Waals surface area contributed by atoms with Crippen molar-refractivity contribution in [3.8, 4) is 29.1 Å². The summed E-state index contributed by atoms with van der Waals surface area (Å²) in [5.74, 6) is 2.28. The van der Waals surface area contributed by atoms with Gasteiger partial charge in [-0.2, -0.15) is 5.26 Å². The number of hydrogen-bond acceptors (Lipinski definition) is 7. The van der Waals surface area contributed by atoms with E-state index in [2.05, 4.69) is 6.07 Å². The Morgan fingerprint density at radius 1 is 0.757 bits per heavy atom. The first-order chi connectivity index (χ1) is 18.0. The molecular weight excluding hydrogens is 468 g/mol. The van der Waals surface area contributed by atoms with Crippen LogP contribution in [0.15, 0.2) is 84.9 Å². The van der Waals surface area contributed by atoms with E-state index in [1.165, 1.54) is 0 Å². The lowest BCUT2D eigenvalue weighted by molar-refractivity contribution is 0.281. The highest BCUT2D eigenvalue weighted by molar-refractivity contribution is 6.68. The zero-order valence-electron chi connectivity index (χ0n) is 20.3. The van der Waals surface area contributed by atoms with Gasteiger partial charge in [-0.1, -0.05) is 29.8 Å². The molecule has 4 rings (SSSR count). The van der Waals surface area contributed by atoms with Gasteiger partial charge in [-0.15, -0.1) is 0 Å². The molecule has 0 aliphatic carbocycles. The monoisotopic (exact) mass is 493 g/mol. The smallest absolute Gasteiger partial charge is 0.470 e. The van der Waals surface area contributed by atoms with Gasteiger partial charge in [-0.25, -0.2) is 0 Å². The van der Waals surface area contributed by atoms with E-state index in [0.29, 0.717) is 50.6 Å². The fraction of sp³-hybridized carbons (Fsp3) is 0.107. The predicted octanol–water partition coefficient (Wildman–Crippen LogP) is 2.82. The van der Waals surface area contributed by atoms with Crippen molar-refractivity contribution in [1.82, 2.24) is 0 Å². The number of aliphatic hydroxyl groups excluding tert-OH is 2. The molecule has 0 heterocycles. The van der Waals surface area contributed by atoms with Crippen molar-refractivity contribution in [1.29, 1.82) is 5.26 Å². The van der Waals surface area contributed by atoms with Gasteiger partial charge >= 0.3 is 7.12 Å². The third kappa shape index (κ3) is 6.79. The van der Waals surface area contributed by atoms with Gasteiger partial charge in [-0.3, -0.25) is 0 Å². The molecule has 3 N–H and O–H groups in total. The lowest BCUT2D eigenvalue weighted by atomic mass is 9.72. The lowest BCUT2D eigenvalue weighted by Crippen LogP contribution is -2.40. The maximum atomic E-state index is 10.7. The molecule has 9 heteroatoms. The number of hydrogen-bond donors (Lipinski definition) is 3. The summed E-state index contributed by atoms with van der Waals surface area (Å²) in [6.07, 6.45) is 0. The molecule has 4 aromatic rings. The Hall–Kier alpha value is -4.06. The number of aliphatic hydroxyl groups is 2. The average Bonchev–Trinajstić information content (AvgIpc) is 2.93. The molecule has 0 aromatic heterocycles. The number of nitriles is 1. The van der Waals surface area contributed by atoms with Gasteiger partial charge in [0, 0.05) is 0 Å². The van der Waals surface area contributed by atoms with Gasteiger partial charge in [-0.05, 0) is 89.6 Å². The minimum atomic E-state index is -1.29. The van der Waals surface area contributed by atoms with E-state index in [9.17, 15) is 15.2 Å². The summed E-state index contributed by atoms with van der Waals surface area (Å²) in [4.78, 5) is 0. The molecule has 0 unspecified atom stereocenters. The van der Waals surface area contributed by atoms with Crippen LogP contribution >= 0.6 is 0 Å². The van der Waals surface area contributed by atoms with Gasteiger partial charge in [0.05, 0.1) is 24.8 Å². The fourth-order valence-electron chi connectivity index (χ4n) is 3.71. The maximum Gasteiger partial charge on any atom is 0.476 e. The molecule has 4 aromatic carbocycles. The van der Waals surface area contributed by atoms with E-state index in [1.54, 1.807) is 60.7 Å². The Balaban J connectivity index is 1.41. The standard InChI is InChI=1S/C28H25B2NO6/c1-19-2-6-23(7-3-19)35-26-11-13-28(22(15-26)18-33)30(34)37-29-27-12-10-25(14-21(27)17-32)36-24-8-4-20(16-31)5-9-24/h2-15,29,32-34H,17-18H2,1H3. The summed E-state index contributed by atoms with van der Waals surface area (Å²) >= 11 is 0. The molecule has 0 fully saturated rings. The molecule has 7 nitrogen and oxygen atoms in total. The summed E-state index contributed by atoms with van der Waals surface area (Å²) in [6.45, 7) is 1.45. The number of ether oxygens (including phenoxy) is 2. The van der Waals surface area contributed by atoms with Gasteiger partial charge in [0.2, 0.25) is 0 Å². The van der Waals surface area contributed by atoms with E-state index < -0.39 is 7.12 Å². The topological polar surface area (TPSA) is 112 Å². The summed E-state index contributed by atoms with van der Waals surface area (Å²) < 4.78 is 17.3. The van der Waals surface area contributed by atoms with Crippen LogP contribution in [0.2, 0.25) is 0 Å². The van der Waals surface area contributed by atoms with E-state index in [1.807, 2.05) is 31.2 Å². The number of benzene rings is 4. The second kappa shape index (κ2) is 12.3. The number of rotatable bonds is 10. The normalized spacial score (nSPS) is 10.5. The van der Waals surface area contributed by atoms with Crippen molar-refractivity contribution >= 4 is 25.5 Å². The molecule has 0 bridgehead atoms. The molecule has 0 atom stereocenters. The quantitative estimate of drug-likeness (QED) is 0.292. The Labute approximate surface area is 216 Å². The molecule has 0 aliphatic heterocycles. The van der Waals surface area contributed by atoms with E-state index >= 15 is 0 Å². The second-order valence-electron chi connectivity index (χ2n) is 8.42. The van der Waals surface area contributed by atoms with E-state index in [0.717, 1.165) is 5.56 Å². The van der Waals surface area contributed by atoms with Crippen LogP contribution in [0.3, 0.4) is 0 Å². The maximum absolute atomic E-state index is 10.7. The van der Waals surface area contributed by atoms with Gasteiger partial charge in [0.1, 0.15) is 23.0 Å². The van der Waals surface area contributed by atoms with E-state index in [4.69, 9.17) is 19.3 Å². The third-order valence-electron chi connectivity index (χ3n) is 5.77. The third-order valence-corrected chi connectivity index (χ3v) is 5.77. The first kappa shape index (κ1) is 26.0. The highest BCUT2D eigenvalue weighted by Crippen LogP contribution is 2.23. The minimum absolute atomic E-state index is 0.0285. The van der Waals surface area contributed by atoms with Crippen molar-refractivity contribution in [3.63, 3.8) is 0 Å². The summed E-state index contributed by atoms with van der Waals surface area (Å²) in [5.41, 5.74) is 3.82. The van der Waals surface area contributed by atoms with Crippen LogP contribution in [0, 0.1) is 18.3 Å². The van der Waals surface area contributed by atoms with Crippen molar-refractivity contribution < 1.29 is 29.3 Å². The zero-order chi connectivity index (χ0) is 26.2. The largest absolute Gasteiger partial charge is 0.476 e. The first-order valence-corrected chi connectivity index (χ1v) is 11.7. The SMILES string of the molecule is Cc1ccc(Oc2ccc(B(O)OBc3ccc(Oc4ccc(C#N)cc4)cc3CO)c(CO)c2)cc1. The molecule has 184 valence electrons. The van der Waals surface area contributed by atoms with Gasteiger partial charge < -0.3 is 29.3 Å². The molecule has 0 saturated heterocycles. The molecule has 0 saturated carbocycles. The van der Waals surface area contributed by atoms with Gasteiger partial charge in [0.25, 0.3) is 7.48 Å². The first-order valence-electron chi connectivity index (χ1n) is 11.7. The Bertz CT molecular complexity index is 1390. The molecule has 0 spiro atoms. The fourth-order valence-corrected chi connectivity index (χ4v) is 3.71. The van der Waals surface area contributed by atoms with Crippen LogP contribution in [0.5, 0.6) is 23.0 Å². The van der Waals surface area contributed by atoms with Gasteiger partial charge in [0.15, 0.2) is 0 Å². The van der Waals surface area contributed by atoms with Crippen LogP contribution in [-0.4, -0.2) is 29.8 Å². The number of nitrogens with zero attached hydrogens (tertiary/aromatic N) is 1. The molecule has 0 radical (unpaired) electrons. The van der Waals surface area contributed by atoms with Crippen LogP contribution in [0.4, 0.5) is 0 Å². The summed E-state index contributed by atoms with van der Waals surface area (Å²) in [5, 5.41) is 39.3. The second-order valence-corrected chi connectivity index (χ2v) is 8.42. The summed E-state index contributed by atoms with van der Waals surface area (Å²) in [6, 6.07) is 26.6. The average molecular weight is 493 g/mol. The van der Waals surface area contributed by atoms with Crippen molar-refractivity contribution in [2.24, 2.45) is 0 Å².